The molecule has 0 saturated carbocycles. The smallest absolute Gasteiger partial charge is 0.274 e. The van der Waals surface area contributed by atoms with Gasteiger partial charge in [-0.15, -0.1) is 0 Å². The lowest BCUT2D eigenvalue weighted by Gasteiger charge is -2.16. The van der Waals surface area contributed by atoms with Gasteiger partial charge in [-0.2, -0.15) is 0 Å². The fraction of sp³-hybridized carbons (Fsp3) is 0.0909. The summed E-state index contributed by atoms with van der Waals surface area (Å²) in [6, 6.07) is 12.3. The highest BCUT2D eigenvalue weighted by Gasteiger charge is 2.16. The Kier molecular flexibility index (Phi) is 4.74. The van der Waals surface area contributed by atoms with Crippen molar-refractivity contribution in [2.75, 3.05) is 5.32 Å². The fourth-order valence-electron chi connectivity index (χ4n) is 3.41. The summed E-state index contributed by atoms with van der Waals surface area (Å²) in [6.07, 6.45) is 3.40. The van der Waals surface area contributed by atoms with Crippen molar-refractivity contribution in [3.8, 4) is 11.1 Å². The van der Waals surface area contributed by atoms with Crippen LogP contribution in [0.3, 0.4) is 0 Å². The summed E-state index contributed by atoms with van der Waals surface area (Å²) >= 11 is 0. The van der Waals surface area contributed by atoms with Crippen molar-refractivity contribution in [3.05, 3.63) is 88.2 Å². The summed E-state index contributed by atoms with van der Waals surface area (Å²) < 4.78 is 14.6. The number of hydrogen-bond donors (Lipinski definition) is 3. The van der Waals surface area contributed by atoms with Gasteiger partial charge in [-0.1, -0.05) is 12.1 Å². The van der Waals surface area contributed by atoms with Gasteiger partial charge in [0, 0.05) is 47.2 Å². The highest BCUT2D eigenvalue weighted by molar-refractivity contribution is 6.05. The van der Waals surface area contributed by atoms with Crippen LogP contribution < -0.4 is 10.9 Å². The number of carbonyl (C=O) groups is 1. The molecule has 6 nitrogen and oxygen atoms in total. The molecular formula is C22H18FN3O3. The molecule has 146 valence electrons. The van der Waals surface area contributed by atoms with E-state index < -0.39 is 11.7 Å². The normalized spacial score (nSPS) is 11.0. The predicted molar refractivity (Wildman–Crippen MR) is 109 cm³/mol. The number of hydrogen-bond acceptors (Lipinski definition) is 3. The Hall–Kier alpha value is -3.71. The number of aromatic nitrogens is 2. The van der Waals surface area contributed by atoms with Crippen molar-refractivity contribution in [3.63, 3.8) is 0 Å². The van der Waals surface area contributed by atoms with Crippen LogP contribution >= 0.6 is 0 Å². The maximum Gasteiger partial charge on any atom is 0.274 e. The lowest BCUT2D eigenvalue weighted by atomic mass is 9.97. The summed E-state index contributed by atoms with van der Waals surface area (Å²) in [5.74, 6) is -0.839. The van der Waals surface area contributed by atoms with Gasteiger partial charge in [0.1, 0.15) is 11.3 Å². The molecule has 2 heterocycles. The second-order valence-electron chi connectivity index (χ2n) is 6.68. The lowest BCUT2D eigenvalue weighted by Crippen LogP contribution is -2.17. The molecule has 0 aliphatic rings. The Morgan fingerprint density at radius 2 is 1.90 bits per heavy atom. The van der Waals surface area contributed by atoms with E-state index in [4.69, 9.17) is 0 Å². The van der Waals surface area contributed by atoms with E-state index in [0.29, 0.717) is 27.9 Å². The first-order chi connectivity index (χ1) is 14.0. The number of aliphatic hydroxyl groups excluding tert-OH is 1. The number of H-pyrrole nitrogens is 1. The molecular weight excluding hydrogens is 373 g/mol. The van der Waals surface area contributed by atoms with Gasteiger partial charge in [-0.3, -0.25) is 9.59 Å². The summed E-state index contributed by atoms with van der Waals surface area (Å²) in [5.41, 5.74) is 3.03. The number of nitrogens with one attached hydrogen (secondary N) is 2. The topological polar surface area (TPSA) is 87.1 Å². The second-order valence-corrected chi connectivity index (χ2v) is 6.68. The standard InChI is InChI=1S/C22H18FN3O3/c1-26-11-17(16-9-10-24-20(16)22(26)29)15-3-2-4-19(18(15)12-27)25-21(28)13-5-7-14(23)8-6-13/h2-11,24,27H,12H2,1H3,(H,25,28). The average Bonchev–Trinajstić information content (AvgIpc) is 3.21. The number of rotatable bonds is 4. The highest BCUT2D eigenvalue weighted by Crippen LogP contribution is 2.33. The maximum atomic E-state index is 13.1. The molecule has 29 heavy (non-hydrogen) atoms. The molecule has 4 rings (SSSR count). The predicted octanol–water partition coefficient (Wildman–Crippen LogP) is 3.42. The van der Waals surface area contributed by atoms with Crippen LogP contribution in [0, 0.1) is 5.82 Å². The number of halogens is 1. The van der Waals surface area contributed by atoms with Crippen LogP contribution in [-0.2, 0) is 13.7 Å². The number of fused-ring (bicyclic) bond motifs is 1. The average molecular weight is 391 g/mol. The van der Waals surface area contributed by atoms with E-state index in [1.807, 2.05) is 6.07 Å². The summed E-state index contributed by atoms with van der Waals surface area (Å²) in [6.45, 7) is -0.316. The van der Waals surface area contributed by atoms with E-state index >= 15 is 0 Å². The minimum absolute atomic E-state index is 0.153. The molecule has 7 heteroatoms. The van der Waals surface area contributed by atoms with Crippen LogP contribution in [0.1, 0.15) is 15.9 Å². The van der Waals surface area contributed by atoms with E-state index in [2.05, 4.69) is 10.3 Å². The molecule has 0 bridgehead atoms. The molecule has 3 N–H and O–H groups in total. The van der Waals surface area contributed by atoms with Crippen molar-refractivity contribution in [1.29, 1.82) is 0 Å². The minimum Gasteiger partial charge on any atom is -0.392 e. The van der Waals surface area contributed by atoms with E-state index in [-0.39, 0.29) is 12.2 Å². The molecule has 1 amide bonds. The van der Waals surface area contributed by atoms with Gasteiger partial charge in [0.2, 0.25) is 0 Å². The highest BCUT2D eigenvalue weighted by atomic mass is 19.1. The van der Waals surface area contributed by atoms with Gasteiger partial charge in [-0.05, 0) is 42.0 Å². The summed E-state index contributed by atoms with van der Waals surface area (Å²) in [7, 11) is 1.66. The number of aliphatic hydroxyl groups is 1. The second kappa shape index (κ2) is 7.37. The molecule has 0 saturated heterocycles. The molecule has 0 spiro atoms. The Bertz CT molecular complexity index is 1270. The monoisotopic (exact) mass is 391 g/mol. The first-order valence-electron chi connectivity index (χ1n) is 8.96. The molecule has 0 radical (unpaired) electrons. The fourth-order valence-corrected chi connectivity index (χ4v) is 3.41. The molecule has 2 aromatic carbocycles. The van der Waals surface area contributed by atoms with Crippen molar-refractivity contribution in [2.45, 2.75) is 6.61 Å². The van der Waals surface area contributed by atoms with Gasteiger partial charge >= 0.3 is 0 Å². The van der Waals surface area contributed by atoms with Gasteiger partial charge in [0.05, 0.1) is 6.61 Å². The molecule has 0 aliphatic heterocycles. The molecule has 0 unspecified atom stereocenters. The van der Waals surface area contributed by atoms with Crippen molar-refractivity contribution in [2.24, 2.45) is 7.05 Å². The minimum atomic E-state index is -0.426. The zero-order chi connectivity index (χ0) is 20.5. The van der Waals surface area contributed by atoms with Gasteiger partial charge in [-0.25, -0.2) is 4.39 Å². The Labute approximate surface area is 165 Å². The molecule has 0 atom stereocenters. The number of carbonyl (C=O) groups excluding carboxylic acids is 1. The SMILES string of the molecule is Cn1cc(-c2cccc(NC(=O)c3ccc(F)cc3)c2CO)c2cc[nH]c2c1=O. The van der Waals surface area contributed by atoms with Gasteiger partial charge < -0.3 is 20.0 Å². The quantitative estimate of drug-likeness (QED) is 0.498. The first-order valence-corrected chi connectivity index (χ1v) is 8.96. The van der Waals surface area contributed by atoms with E-state index in [9.17, 15) is 19.1 Å². The van der Waals surface area contributed by atoms with Crippen LogP contribution in [0.4, 0.5) is 10.1 Å². The maximum absolute atomic E-state index is 13.1. The summed E-state index contributed by atoms with van der Waals surface area (Å²) in [4.78, 5) is 27.8. The number of pyridine rings is 1. The molecule has 4 aromatic rings. The number of aryl methyl sites for hydroxylation is 1. The third-order valence-electron chi connectivity index (χ3n) is 4.87. The Balaban J connectivity index is 1.81. The first kappa shape index (κ1) is 18.6. The van der Waals surface area contributed by atoms with Crippen LogP contribution in [-0.4, -0.2) is 20.6 Å². The number of nitrogens with zero attached hydrogens (tertiary/aromatic N) is 1. The van der Waals surface area contributed by atoms with E-state index in [1.54, 1.807) is 37.6 Å². The molecule has 2 aromatic heterocycles. The van der Waals surface area contributed by atoms with Gasteiger partial charge in [0.25, 0.3) is 11.5 Å². The van der Waals surface area contributed by atoms with Crippen LogP contribution in [0.5, 0.6) is 0 Å². The zero-order valence-corrected chi connectivity index (χ0v) is 15.6. The Morgan fingerprint density at radius 3 is 2.62 bits per heavy atom. The van der Waals surface area contributed by atoms with Crippen molar-refractivity contribution >= 4 is 22.5 Å². The lowest BCUT2D eigenvalue weighted by molar-refractivity contribution is 0.102. The van der Waals surface area contributed by atoms with E-state index in [1.165, 1.54) is 28.8 Å². The summed E-state index contributed by atoms with van der Waals surface area (Å²) in [5, 5.41) is 13.6. The number of benzene rings is 2. The molecule has 0 fully saturated rings. The van der Waals surface area contributed by atoms with Gasteiger partial charge in [0.15, 0.2) is 0 Å². The number of anilines is 1. The third kappa shape index (κ3) is 3.32. The zero-order valence-electron chi connectivity index (χ0n) is 15.6. The van der Waals surface area contributed by atoms with Crippen LogP contribution in [0.25, 0.3) is 22.0 Å². The number of amides is 1. The Morgan fingerprint density at radius 1 is 1.14 bits per heavy atom. The van der Waals surface area contributed by atoms with Crippen LogP contribution in [0.15, 0.2) is 65.7 Å². The van der Waals surface area contributed by atoms with Crippen LogP contribution in [0.2, 0.25) is 0 Å². The van der Waals surface area contributed by atoms with E-state index in [0.717, 1.165) is 10.9 Å². The largest absolute Gasteiger partial charge is 0.392 e. The van der Waals surface area contributed by atoms with Crippen molar-refractivity contribution in [1.82, 2.24) is 9.55 Å². The number of aromatic amines is 1. The molecule has 0 aliphatic carbocycles. The van der Waals surface area contributed by atoms with Crippen molar-refractivity contribution < 1.29 is 14.3 Å². The third-order valence-corrected chi connectivity index (χ3v) is 4.87.